The minimum absolute atomic E-state index is 0.00141. The van der Waals surface area contributed by atoms with Crippen molar-refractivity contribution in [3.8, 4) is 0 Å². The lowest BCUT2D eigenvalue weighted by Crippen LogP contribution is -2.45. The lowest BCUT2D eigenvalue weighted by atomic mass is 9.98. The molecular formula is C19H29NO3. The highest BCUT2D eigenvalue weighted by molar-refractivity contribution is 5.70. The van der Waals surface area contributed by atoms with Crippen molar-refractivity contribution in [2.24, 2.45) is 5.92 Å². The Morgan fingerprint density at radius 1 is 1.30 bits per heavy atom. The molecular weight excluding hydrogens is 290 g/mol. The van der Waals surface area contributed by atoms with Crippen molar-refractivity contribution >= 4 is 5.97 Å². The predicted octanol–water partition coefficient (Wildman–Crippen LogP) is 3.08. The molecule has 4 nitrogen and oxygen atoms in total. The van der Waals surface area contributed by atoms with E-state index in [9.17, 15) is 4.79 Å². The maximum atomic E-state index is 12.0. The third-order valence-electron chi connectivity index (χ3n) is 4.12. The summed E-state index contributed by atoms with van der Waals surface area (Å²) in [7, 11) is 0. The monoisotopic (exact) mass is 319 g/mol. The smallest absolute Gasteiger partial charge is 0.306 e. The number of ether oxygens (including phenoxy) is 2. The lowest BCUT2D eigenvalue weighted by Gasteiger charge is -2.33. The number of carbonyl (C=O) groups is 1. The zero-order valence-corrected chi connectivity index (χ0v) is 14.5. The number of morpholine rings is 1. The van der Waals surface area contributed by atoms with Gasteiger partial charge in [-0.1, -0.05) is 51.1 Å². The quantitative estimate of drug-likeness (QED) is 0.724. The summed E-state index contributed by atoms with van der Waals surface area (Å²) in [5, 5.41) is 0. The predicted molar refractivity (Wildman–Crippen MR) is 91.5 cm³/mol. The second-order valence-corrected chi connectivity index (χ2v) is 6.85. The van der Waals surface area contributed by atoms with Crippen LogP contribution in [0.5, 0.6) is 0 Å². The Kier molecular flexibility index (Phi) is 7.06. The van der Waals surface area contributed by atoms with Gasteiger partial charge in [0.15, 0.2) is 0 Å². The molecule has 1 aromatic rings. The average molecular weight is 319 g/mol. The number of hydrogen-bond donors (Lipinski definition) is 0. The molecule has 0 aromatic heterocycles. The van der Waals surface area contributed by atoms with Gasteiger partial charge in [-0.3, -0.25) is 9.69 Å². The standard InChI is InChI=1S/C19H29NO3/c1-15(2)12-20-9-10-22-18(13-20)14-23-19(21)11-16(3)17-7-5-4-6-8-17/h4-8,15-16,18H,9-14H2,1-3H3. The zero-order chi connectivity index (χ0) is 16.7. The van der Waals surface area contributed by atoms with Gasteiger partial charge < -0.3 is 9.47 Å². The normalized spacial score (nSPS) is 20.4. The SMILES string of the molecule is CC(C)CN1CCOC(COC(=O)CC(C)c2ccccc2)C1. The minimum atomic E-state index is -0.147. The topological polar surface area (TPSA) is 38.8 Å². The van der Waals surface area contributed by atoms with Crippen LogP contribution in [0.3, 0.4) is 0 Å². The van der Waals surface area contributed by atoms with Crippen LogP contribution in [0.15, 0.2) is 30.3 Å². The van der Waals surface area contributed by atoms with E-state index in [0.29, 0.717) is 18.9 Å². The van der Waals surface area contributed by atoms with E-state index in [0.717, 1.165) is 26.2 Å². The van der Waals surface area contributed by atoms with E-state index in [2.05, 4.69) is 25.7 Å². The van der Waals surface area contributed by atoms with Crippen LogP contribution >= 0.6 is 0 Å². The fraction of sp³-hybridized carbons (Fsp3) is 0.632. The van der Waals surface area contributed by atoms with Crippen molar-refractivity contribution in [3.05, 3.63) is 35.9 Å². The molecule has 1 aliphatic rings. The molecule has 2 atom stereocenters. The van der Waals surface area contributed by atoms with E-state index in [1.54, 1.807) is 0 Å². The van der Waals surface area contributed by atoms with Gasteiger partial charge in [-0.15, -0.1) is 0 Å². The molecule has 1 fully saturated rings. The molecule has 0 spiro atoms. The molecule has 0 saturated carbocycles. The third-order valence-corrected chi connectivity index (χ3v) is 4.12. The molecule has 1 aliphatic heterocycles. The Labute approximate surface area is 139 Å². The molecule has 0 aliphatic carbocycles. The lowest BCUT2D eigenvalue weighted by molar-refractivity contribution is -0.151. The summed E-state index contributed by atoms with van der Waals surface area (Å²) < 4.78 is 11.1. The maximum absolute atomic E-state index is 12.0. The van der Waals surface area contributed by atoms with Crippen LogP contribution in [-0.4, -0.2) is 49.8 Å². The molecule has 128 valence electrons. The first-order valence-electron chi connectivity index (χ1n) is 8.59. The highest BCUT2D eigenvalue weighted by atomic mass is 16.6. The fourth-order valence-corrected chi connectivity index (χ4v) is 2.96. The van der Waals surface area contributed by atoms with Crippen LogP contribution in [0.25, 0.3) is 0 Å². The van der Waals surface area contributed by atoms with Crippen LogP contribution in [0.1, 0.15) is 38.7 Å². The molecule has 0 bridgehead atoms. The summed E-state index contributed by atoms with van der Waals surface area (Å²) in [5.74, 6) is 0.669. The van der Waals surface area contributed by atoms with Gasteiger partial charge in [0.05, 0.1) is 13.0 Å². The fourth-order valence-electron chi connectivity index (χ4n) is 2.96. The number of nitrogens with zero attached hydrogens (tertiary/aromatic N) is 1. The number of esters is 1. The number of benzene rings is 1. The van der Waals surface area contributed by atoms with Crippen molar-refractivity contribution in [3.63, 3.8) is 0 Å². The van der Waals surface area contributed by atoms with Gasteiger partial charge >= 0.3 is 5.97 Å². The average Bonchev–Trinajstić information content (AvgIpc) is 2.53. The molecule has 4 heteroatoms. The first-order chi connectivity index (χ1) is 11.0. The largest absolute Gasteiger partial charge is 0.463 e. The zero-order valence-electron chi connectivity index (χ0n) is 14.5. The van der Waals surface area contributed by atoms with E-state index in [1.165, 1.54) is 5.56 Å². The van der Waals surface area contributed by atoms with Crippen LogP contribution in [0, 0.1) is 5.92 Å². The van der Waals surface area contributed by atoms with E-state index >= 15 is 0 Å². The molecule has 0 amide bonds. The Hall–Kier alpha value is -1.39. The van der Waals surface area contributed by atoms with Crippen LogP contribution in [0.2, 0.25) is 0 Å². The van der Waals surface area contributed by atoms with Crippen LogP contribution < -0.4 is 0 Å². The Morgan fingerprint density at radius 3 is 2.74 bits per heavy atom. The Morgan fingerprint density at radius 2 is 2.04 bits per heavy atom. The molecule has 1 aromatic carbocycles. The summed E-state index contributed by atoms with van der Waals surface area (Å²) in [6, 6.07) is 10.1. The molecule has 1 heterocycles. The van der Waals surface area contributed by atoms with Gasteiger partial charge in [-0.25, -0.2) is 0 Å². The second-order valence-electron chi connectivity index (χ2n) is 6.85. The number of rotatable bonds is 7. The van der Waals surface area contributed by atoms with Crippen molar-refractivity contribution in [2.45, 2.75) is 39.2 Å². The van der Waals surface area contributed by atoms with Crippen LogP contribution in [0.4, 0.5) is 0 Å². The van der Waals surface area contributed by atoms with Crippen molar-refractivity contribution in [1.29, 1.82) is 0 Å². The number of hydrogen-bond acceptors (Lipinski definition) is 4. The summed E-state index contributed by atoms with van der Waals surface area (Å²) in [6.07, 6.45) is 0.408. The van der Waals surface area contributed by atoms with Gasteiger partial charge in [0.1, 0.15) is 12.7 Å². The van der Waals surface area contributed by atoms with E-state index in [1.807, 2.05) is 30.3 Å². The summed E-state index contributed by atoms with van der Waals surface area (Å²) in [4.78, 5) is 14.4. The van der Waals surface area contributed by atoms with Gasteiger partial charge in [0, 0.05) is 19.6 Å². The number of carbonyl (C=O) groups excluding carboxylic acids is 1. The van der Waals surface area contributed by atoms with Crippen LogP contribution in [-0.2, 0) is 14.3 Å². The molecule has 0 radical (unpaired) electrons. The van der Waals surface area contributed by atoms with Gasteiger partial charge in [-0.2, -0.15) is 0 Å². The molecule has 1 saturated heterocycles. The highest BCUT2D eigenvalue weighted by Gasteiger charge is 2.22. The Balaban J connectivity index is 1.71. The van der Waals surface area contributed by atoms with Gasteiger partial charge in [-0.05, 0) is 17.4 Å². The molecule has 23 heavy (non-hydrogen) atoms. The molecule has 0 N–H and O–H groups in total. The second kappa shape index (κ2) is 9.04. The van der Waals surface area contributed by atoms with Crippen molar-refractivity contribution < 1.29 is 14.3 Å². The van der Waals surface area contributed by atoms with E-state index in [-0.39, 0.29) is 18.0 Å². The summed E-state index contributed by atoms with van der Waals surface area (Å²) >= 11 is 0. The maximum Gasteiger partial charge on any atom is 0.306 e. The van der Waals surface area contributed by atoms with Gasteiger partial charge in [0.25, 0.3) is 0 Å². The van der Waals surface area contributed by atoms with E-state index in [4.69, 9.17) is 9.47 Å². The molecule has 2 unspecified atom stereocenters. The summed E-state index contributed by atoms with van der Waals surface area (Å²) in [6.45, 7) is 10.4. The first kappa shape index (κ1) is 18.0. The Bertz CT molecular complexity index is 475. The van der Waals surface area contributed by atoms with Crippen molar-refractivity contribution in [2.75, 3.05) is 32.8 Å². The third kappa shape index (κ3) is 6.32. The highest BCUT2D eigenvalue weighted by Crippen LogP contribution is 2.19. The van der Waals surface area contributed by atoms with Crippen molar-refractivity contribution in [1.82, 2.24) is 4.90 Å². The first-order valence-corrected chi connectivity index (χ1v) is 8.59. The van der Waals surface area contributed by atoms with E-state index < -0.39 is 0 Å². The summed E-state index contributed by atoms with van der Waals surface area (Å²) in [5.41, 5.74) is 1.17. The molecule has 2 rings (SSSR count). The minimum Gasteiger partial charge on any atom is -0.463 e. The van der Waals surface area contributed by atoms with Gasteiger partial charge in [0.2, 0.25) is 0 Å².